The van der Waals surface area contributed by atoms with Gasteiger partial charge >= 0.3 is 0 Å². The molecule has 2 nitrogen and oxygen atoms in total. The van der Waals surface area contributed by atoms with E-state index in [2.05, 4.69) is 29.4 Å². The van der Waals surface area contributed by atoms with E-state index in [1.807, 2.05) is 12.3 Å². The zero-order valence-electron chi connectivity index (χ0n) is 9.45. The van der Waals surface area contributed by atoms with Gasteiger partial charge in [0.25, 0.3) is 0 Å². The average Bonchev–Trinajstić information content (AvgIpc) is 2.66. The molecule has 1 fully saturated rings. The summed E-state index contributed by atoms with van der Waals surface area (Å²) in [5, 5.41) is 3.64. The molecule has 82 valence electrons. The standard InChI is InChI=1S/C13H20N2/c1-11-5-4-7-13(11)15-10-8-12-6-2-3-9-14-12/h2-3,6,9,11,13,15H,4-5,7-8,10H2,1H3/t11-,13-/m1/s1. The first kappa shape index (κ1) is 10.6. The Labute approximate surface area is 92.1 Å². The van der Waals surface area contributed by atoms with Crippen LogP contribution in [0.25, 0.3) is 0 Å². The van der Waals surface area contributed by atoms with Gasteiger partial charge in [0.2, 0.25) is 0 Å². The monoisotopic (exact) mass is 204 g/mol. The minimum atomic E-state index is 0.744. The smallest absolute Gasteiger partial charge is 0.0416 e. The molecule has 2 atom stereocenters. The Balaban J connectivity index is 1.71. The number of hydrogen-bond donors (Lipinski definition) is 1. The molecule has 0 saturated heterocycles. The normalized spacial score (nSPS) is 25.7. The Kier molecular flexibility index (Phi) is 3.73. The first-order valence-electron chi connectivity index (χ1n) is 5.99. The van der Waals surface area contributed by atoms with E-state index in [0.29, 0.717) is 0 Å². The maximum Gasteiger partial charge on any atom is 0.0416 e. The third-order valence-corrected chi connectivity index (χ3v) is 3.38. The van der Waals surface area contributed by atoms with Gasteiger partial charge in [-0.1, -0.05) is 19.4 Å². The molecule has 0 unspecified atom stereocenters. The van der Waals surface area contributed by atoms with Crippen molar-refractivity contribution in [3.05, 3.63) is 30.1 Å². The van der Waals surface area contributed by atoms with Crippen LogP contribution < -0.4 is 5.32 Å². The van der Waals surface area contributed by atoms with Crippen LogP contribution in [0.1, 0.15) is 31.9 Å². The Morgan fingerprint density at radius 3 is 3.00 bits per heavy atom. The Bertz CT molecular complexity index is 284. The summed E-state index contributed by atoms with van der Waals surface area (Å²) >= 11 is 0. The van der Waals surface area contributed by atoms with Gasteiger partial charge in [-0.2, -0.15) is 0 Å². The van der Waals surface area contributed by atoms with E-state index in [9.17, 15) is 0 Å². The van der Waals surface area contributed by atoms with Gasteiger partial charge in [0.1, 0.15) is 0 Å². The summed E-state index contributed by atoms with van der Waals surface area (Å²) in [6.07, 6.45) is 7.05. The topological polar surface area (TPSA) is 24.9 Å². The van der Waals surface area contributed by atoms with Crippen molar-refractivity contribution < 1.29 is 0 Å². The van der Waals surface area contributed by atoms with Crippen molar-refractivity contribution in [3.8, 4) is 0 Å². The lowest BCUT2D eigenvalue weighted by molar-refractivity contribution is 0.429. The second-order valence-electron chi connectivity index (χ2n) is 4.54. The quantitative estimate of drug-likeness (QED) is 0.814. The van der Waals surface area contributed by atoms with Gasteiger partial charge in [-0.25, -0.2) is 0 Å². The van der Waals surface area contributed by atoms with E-state index in [4.69, 9.17) is 0 Å². The summed E-state index contributed by atoms with van der Waals surface area (Å²) in [4.78, 5) is 4.32. The fraction of sp³-hybridized carbons (Fsp3) is 0.615. The molecule has 1 saturated carbocycles. The number of nitrogens with zero attached hydrogens (tertiary/aromatic N) is 1. The van der Waals surface area contributed by atoms with Crippen LogP contribution in [0.15, 0.2) is 24.4 Å². The van der Waals surface area contributed by atoms with Crippen molar-refractivity contribution in [2.24, 2.45) is 5.92 Å². The fourth-order valence-corrected chi connectivity index (χ4v) is 2.38. The minimum Gasteiger partial charge on any atom is -0.313 e. The first-order valence-corrected chi connectivity index (χ1v) is 5.99. The van der Waals surface area contributed by atoms with Crippen molar-refractivity contribution in [1.29, 1.82) is 0 Å². The molecule has 0 spiro atoms. The largest absolute Gasteiger partial charge is 0.313 e. The molecule has 1 aliphatic rings. The SMILES string of the molecule is C[C@@H]1CCC[C@H]1NCCc1ccccn1. The van der Waals surface area contributed by atoms with Gasteiger partial charge in [-0.3, -0.25) is 4.98 Å². The first-order chi connectivity index (χ1) is 7.36. The number of nitrogens with one attached hydrogen (secondary N) is 1. The van der Waals surface area contributed by atoms with E-state index >= 15 is 0 Å². The van der Waals surface area contributed by atoms with Crippen molar-refractivity contribution in [2.75, 3.05) is 6.54 Å². The van der Waals surface area contributed by atoms with Gasteiger partial charge in [0.15, 0.2) is 0 Å². The maximum atomic E-state index is 4.32. The van der Waals surface area contributed by atoms with Crippen LogP contribution in [-0.2, 0) is 6.42 Å². The van der Waals surface area contributed by atoms with E-state index < -0.39 is 0 Å². The predicted octanol–water partition coefficient (Wildman–Crippen LogP) is 2.40. The summed E-state index contributed by atoms with van der Waals surface area (Å²) in [6, 6.07) is 6.87. The second kappa shape index (κ2) is 5.26. The average molecular weight is 204 g/mol. The fourth-order valence-electron chi connectivity index (χ4n) is 2.38. The molecule has 1 aliphatic carbocycles. The van der Waals surface area contributed by atoms with Gasteiger partial charge in [-0.05, 0) is 30.9 Å². The number of rotatable bonds is 4. The van der Waals surface area contributed by atoms with Crippen molar-refractivity contribution in [1.82, 2.24) is 10.3 Å². The zero-order valence-corrected chi connectivity index (χ0v) is 9.45. The van der Waals surface area contributed by atoms with Crippen LogP contribution in [-0.4, -0.2) is 17.6 Å². The van der Waals surface area contributed by atoms with E-state index in [0.717, 1.165) is 24.9 Å². The molecule has 1 aromatic rings. The van der Waals surface area contributed by atoms with Crippen LogP contribution >= 0.6 is 0 Å². The number of pyridine rings is 1. The molecule has 0 amide bonds. The molecule has 1 heterocycles. The highest BCUT2D eigenvalue weighted by Gasteiger charge is 2.21. The van der Waals surface area contributed by atoms with Crippen molar-refractivity contribution in [2.45, 2.75) is 38.6 Å². The molecule has 0 radical (unpaired) electrons. The number of aromatic nitrogens is 1. The summed E-state index contributed by atoms with van der Waals surface area (Å²) in [5.74, 6) is 0.855. The molecule has 0 aromatic carbocycles. The molecular formula is C13H20N2. The van der Waals surface area contributed by atoms with Crippen molar-refractivity contribution in [3.63, 3.8) is 0 Å². The summed E-state index contributed by atoms with van der Waals surface area (Å²) < 4.78 is 0. The Morgan fingerprint density at radius 1 is 1.40 bits per heavy atom. The highest BCUT2D eigenvalue weighted by atomic mass is 14.9. The second-order valence-corrected chi connectivity index (χ2v) is 4.54. The molecule has 0 bridgehead atoms. The Hall–Kier alpha value is -0.890. The van der Waals surface area contributed by atoms with Gasteiger partial charge in [0.05, 0.1) is 0 Å². The third kappa shape index (κ3) is 3.03. The van der Waals surface area contributed by atoms with Crippen LogP contribution in [0.4, 0.5) is 0 Å². The summed E-state index contributed by atoms with van der Waals surface area (Å²) in [7, 11) is 0. The lowest BCUT2D eigenvalue weighted by Crippen LogP contribution is -2.32. The van der Waals surface area contributed by atoms with Crippen LogP contribution in [0.2, 0.25) is 0 Å². The summed E-state index contributed by atoms with van der Waals surface area (Å²) in [6.45, 7) is 3.41. The van der Waals surface area contributed by atoms with Crippen LogP contribution in [0.5, 0.6) is 0 Å². The van der Waals surface area contributed by atoms with Gasteiger partial charge in [-0.15, -0.1) is 0 Å². The maximum absolute atomic E-state index is 4.32. The lowest BCUT2D eigenvalue weighted by Gasteiger charge is -2.16. The van der Waals surface area contributed by atoms with E-state index in [1.165, 1.54) is 25.0 Å². The highest BCUT2D eigenvalue weighted by Crippen LogP contribution is 2.24. The molecule has 1 aromatic heterocycles. The van der Waals surface area contributed by atoms with E-state index in [1.54, 1.807) is 0 Å². The molecule has 1 N–H and O–H groups in total. The Morgan fingerprint density at radius 2 is 2.33 bits per heavy atom. The third-order valence-electron chi connectivity index (χ3n) is 3.38. The molecule has 15 heavy (non-hydrogen) atoms. The molecule has 2 rings (SSSR count). The van der Waals surface area contributed by atoms with Crippen LogP contribution in [0, 0.1) is 5.92 Å². The van der Waals surface area contributed by atoms with Crippen LogP contribution in [0.3, 0.4) is 0 Å². The molecule has 2 heteroatoms. The predicted molar refractivity (Wildman–Crippen MR) is 62.7 cm³/mol. The lowest BCUT2D eigenvalue weighted by atomic mass is 10.1. The number of hydrogen-bond acceptors (Lipinski definition) is 2. The van der Waals surface area contributed by atoms with E-state index in [-0.39, 0.29) is 0 Å². The molecule has 0 aliphatic heterocycles. The minimum absolute atomic E-state index is 0.744. The molecular weight excluding hydrogens is 184 g/mol. The summed E-state index contributed by atoms with van der Waals surface area (Å²) in [5.41, 5.74) is 1.19. The van der Waals surface area contributed by atoms with Crippen molar-refractivity contribution >= 4 is 0 Å². The van der Waals surface area contributed by atoms with Gasteiger partial charge in [0, 0.05) is 30.9 Å². The van der Waals surface area contributed by atoms with Gasteiger partial charge < -0.3 is 5.32 Å². The highest BCUT2D eigenvalue weighted by molar-refractivity contribution is 5.03. The zero-order chi connectivity index (χ0) is 10.5.